The van der Waals surface area contributed by atoms with Crippen LogP contribution in [0.15, 0.2) is 42.5 Å². The van der Waals surface area contributed by atoms with Gasteiger partial charge in [0.25, 0.3) is 0 Å². The lowest BCUT2D eigenvalue weighted by molar-refractivity contribution is 0.0946. The van der Waals surface area contributed by atoms with Crippen molar-refractivity contribution in [3.63, 3.8) is 0 Å². The number of H-pyrrole nitrogens is 1. The number of benzene rings is 2. The van der Waals surface area contributed by atoms with Crippen LogP contribution in [0.4, 0.5) is 8.78 Å². The number of fused-ring (bicyclic) bond motifs is 1. The Morgan fingerprint density at radius 3 is 2.52 bits per heavy atom. The topological polar surface area (TPSA) is 44.9 Å². The zero-order chi connectivity index (χ0) is 18.1. The third-order valence-corrected chi connectivity index (χ3v) is 4.48. The number of hydrogen-bond acceptors (Lipinski definition) is 2. The van der Waals surface area contributed by atoms with Crippen molar-refractivity contribution in [3.8, 4) is 0 Å². The van der Waals surface area contributed by atoms with Crippen molar-refractivity contribution < 1.29 is 13.6 Å². The number of nitrogens with one attached hydrogen (secondary N) is 2. The van der Waals surface area contributed by atoms with Gasteiger partial charge in [0.1, 0.15) is 0 Å². The van der Waals surface area contributed by atoms with Gasteiger partial charge in [0, 0.05) is 28.2 Å². The van der Waals surface area contributed by atoms with Crippen LogP contribution in [0.5, 0.6) is 0 Å². The van der Waals surface area contributed by atoms with E-state index >= 15 is 0 Å². The molecule has 1 heterocycles. The largest absolute Gasteiger partial charge is 0.358 e. The summed E-state index contributed by atoms with van der Waals surface area (Å²) in [6, 6.07) is 10.7. The van der Waals surface area contributed by atoms with Gasteiger partial charge in [-0.05, 0) is 44.5 Å². The van der Waals surface area contributed by atoms with Crippen LogP contribution in [0.2, 0.25) is 0 Å². The number of halogens is 2. The van der Waals surface area contributed by atoms with Crippen LogP contribution < -0.4 is 5.32 Å². The molecule has 0 bridgehead atoms. The lowest BCUT2D eigenvalue weighted by Crippen LogP contribution is -2.36. The predicted molar refractivity (Wildman–Crippen MR) is 94.7 cm³/mol. The first-order valence-corrected chi connectivity index (χ1v) is 8.21. The number of aromatic amines is 1. The summed E-state index contributed by atoms with van der Waals surface area (Å²) in [5, 5.41) is 4.06. The summed E-state index contributed by atoms with van der Waals surface area (Å²) in [6.07, 6.45) is 0. The molecule has 25 heavy (non-hydrogen) atoms. The molecule has 2 aromatic carbocycles. The second-order valence-electron chi connectivity index (χ2n) is 6.32. The van der Waals surface area contributed by atoms with Crippen LogP contribution in [-0.2, 0) is 0 Å². The normalized spacial score (nSPS) is 13.8. The van der Waals surface area contributed by atoms with Crippen LogP contribution in [-0.4, -0.2) is 16.8 Å². The second kappa shape index (κ2) is 6.76. The van der Waals surface area contributed by atoms with Crippen molar-refractivity contribution in [1.82, 2.24) is 10.3 Å². The van der Waals surface area contributed by atoms with Gasteiger partial charge in [0.05, 0.1) is 6.04 Å². The molecule has 2 N–H and O–H groups in total. The third-order valence-electron chi connectivity index (χ3n) is 4.48. The molecule has 2 atom stereocenters. The maximum Gasteiger partial charge on any atom is 0.181 e. The quantitative estimate of drug-likeness (QED) is 0.662. The minimum absolute atomic E-state index is 0.0376. The van der Waals surface area contributed by atoms with Gasteiger partial charge in [0.15, 0.2) is 17.4 Å². The molecule has 0 aliphatic carbocycles. The number of ketones is 1. The zero-order valence-electron chi connectivity index (χ0n) is 14.4. The van der Waals surface area contributed by atoms with E-state index in [1.165, 1.54) is 6.07 Å². The molecule has 0 aliphatic heterocycles. The van der Waals surface area contributed by atoms with Gasteiger partial charge >= 0.3 is 0 Å². The lowest BCUT2D eigenvalue weighted by atomic mass is 10.00. The van der Waals surface area contributed by atoms with Crippen molar-refractivity contribution in [2.45, 2.75) is 32.9 Å². The standard InChI is InChI=1S/C20H20F2N2O/c1-11(14-8-9-16(21)17(22)10-14)23-13(3)20(25)19-12(2)24-18-7-5-4-6-15(18)19/h4-11,13,23-24H,1-3H3/t11-,13+/m0/s1. The Labute approximate surface area is 145 Å². The van der Waals surface area contributed by atoms with Crippen LogP contribution in [0.3, 0.4) is 0 Å². The van der Waals surface area contributed by atoms with E-state index in [1.54, 1.807) is 6.92 Å². The Morgan fingerprint density at radius 2 is 1.80 bits per heavy atom. The molecule has 3 nitrogen and oxygen atoms in total. The molecular formula is C20H20F2N2O. The predicted octanol–water partition coefficient (Wildman–Crippen LogP) is 4.68. The molecule has 0 aliphatic rings. The first kappa shape index (κ1) is 17.3. The van der Waals surface area contributed by atoms with Gasteiger partial charge in [-0.3, -0.25) is 4.79 Å². The number of para-hydroxylation sites is 1. The molecule has 0 saturated carbocycles. The van der Waals surface area contributed by atoms with E-state index < -0.39 is 17.7 Å². The van der Waals surface area contributed by atoms with Gasteiger partial charge in [-0.1, -0.05) is 24.3 Å². The fourth-order valence-corrected chi connectivity index (χ4v) is 3.14. The Morgan fingerprint density at radius 1 is 1.08 bits per heavy atom. The summed E-state index contributed by atoms with van der Waals surface area (Å²) in [7, 11) is 0. The van der Waals surface area contributed by atoms with Gasteiger partial charge < -0.3 is 10.3 Å². The average molecular weight is 342 g/mol. The van der Waals surface area contributed by atoms with Crippen molar-refractivity contribution in [2.75, 3.05) is 0 Å². The van der Waals surface area contributed by atoms with Gasteiger partial charge in [0.2, 0.25) is 0 Å². The van der Waals surface area contributed by atoms with Crippen LogP contribution in [0.25, 0.3) is 10.9 Å². The van der Waals surface area contributed by atoms with Gasteiger partial charge in [-0.15, -0.1) is 0 Å². The molecule has 0 saturated heterocycles. The molecule has 0 fully saturated rings. The molecule has 0 unspecified atom stereocenters. The van der Waals surface area contributed by atoms with E-state index in [9.17, 15) is 13.6 Å². The van der Waals surface area contributed by atoms with Crippen molar-refractivity contribution >= 4 is 16.7 Å². The van der Waals surface area contributed by atoms with Crippen LogP contribution in [0.1, 0.15) is 41.5 Å². The summed E-state index contributed by atoms with van der Waals surface area (Å²) < 4.78 is 26.5. The highest BCUT2D eigenvalue weighted by atomic mass is 19.2. The lowest BCUT2D eigenvalue weighted by Gasteiger charge is -2.20. The number of aromatic nitrogens is 1. The van der Waals surface area contributed by atoms with E-state index in [4.69, 9.17) is 0 Å². The summed E-state index contributed by atoms with van der Waals surface area (Å²) in [6.45, 7) is 5.47. The van der Waals surface area contributed by atoms with E-state index in [-0.39, 0.29) is 11.8 Å². The van der Waals surface area contributed by atoms with E-state index in [0.29, 0.717) is 11.1 Å². The molecule has 130 valence electrons. The fraction of sp³-hybridized carbons (Fsp3) is 0.250. The smallest absolute Gasteiger partial charge is 0.181 e. The molecule has 0 amide bonds. The zero-order valence-corrected chi connectivity index (χ0v) is 14.4. The molecule has 0 spiro atoms. The second-order valence-corrected chi connectivity index (χ2v) is 6.32. The van der Waals surface area contributed by atoms with E-state index in [0.717, 1.165) is 28.7 Å². The highest BCUT2D eigenvalue weighted by Gasteiger charge is 2.23. The molecule has 1 aromatic heterocycles. The molecule has 5 heteroatoms. The monoisotopic (exact) mass is 342 g/mol. The maximum absolute atomic E-state index is 13.4. The SMILES string of the molecule is Cc1[nH]c2ccccc2c1C(=O)[C@@H](C)N[C@@H](C)c1ccc(F)c(F)c1. The number of rotatable bonds is 5. The first-order valence-electron chi connectivity index (χ1n) is 8.21. The first-order chi connectivity index (χ1) is 11.9. The Kier molecular flexibility index (Phi) is 4.68. The molecular weight excluding hydrogens is 322 g/mol. The molecule has 3 rings (SSSR count). The van der Waals surface area contributed by atoms with Gasteiger partial charge in [-0.25, -0.2) is 8.78 Å². The molecule has 3 aromatic rings. The van der Waals surface area contributed by atoms with Crippen molar-refractivity contribution in [2.24, 2.45) is 0 Å². The summed E-state index contributed by atoms with van der Waals surface area (Å²) >= 11 is 0. The minimum atomic E-state index is -0.891. The van der Waals surface area contributed by atoms with Crippen LogP contribution >= 0.6 is 0 Å². The van der Waals surface area contributed by atoms with Gasteiger partial charge in [-0.2, -0.15) is 0 Å². The highest BCUT2D eigenvalue weighted by Crippen LogP contribution is 2.24. The Bertz CT molecular complexity index is 933. The summed E-state index contributed by atoms with van der Waals surface area (Å²) in [5.74, 6) is -1.81. The number of hydrogen-bond donors (Lipinski definition) is 2. The Hall–Kier alpha value is -2.53. The summed E-state index contributed by atoms with van der Waals surface area (Å²) in [5.41, 5.74) is 2.99. The van der Waals surface area contributed by atoms with E-state index in [2.05, 4.69) is 10.3 Å². The number of carbonyl (C=O) groups is 1. The number of Topliss-reactive ketones (excluding diaryl/α,β-unsaturated/α-hetero) is 1. The number of aryl methyl sites for hydroxylation is 1. The Balaban J connectivity index is 1.82. The van der Waals surface area contributed by atoms with Crippen molar-refractivity contribution in [1.29, 1.82) is 0 Å². The maximum atomic E-state index is 13.4. The van der Waals surface area contributed by atoms with Crippen LogP contribution in [0, 0.1) is 18.6 Å². The van der Waals surface area contributed by atoms with Crippen molar-refractivity contribution in [3.05, 3.63) is 70.9 Å². The minimum Gasteiger partial charge on any atom is -0.358 e. The number of carbonyl (C=O) groups excluding carboxylic acids is 1. The summed E-state index contributed by atoms with van der Waals surface area (Å²) in [4.78, 5) is 16.1. The average Bonchev–Trinajstić information content (AvgIpc) is 2.92. The third kappa shape index (κ3) is 3.33. The highest BCUT2D eigenvalue weighted by molar-refractivity contribution is 6.11. The molecule has 0 radical (unpaired) electrons. The van der Waals surface area contributed by atoms with E-state index in [1.807, 2.05) is 38.1 Å². The fourth-order valence-electron chi connectivity index (χ4n) is 3.14.